The molecular formula is C19H15BrN2O2. The van der Waals surface area contributed by atoms with Crippen LogP contribution in [0.2, 0.25) is 0 Å². The fourth-order valence-electron chi connectivity index (χ4n) is 3.03. The van der Waals surface area contributed by atoms with E-state index in [-0.39, 0.29) is 11.8 Å². The van der Waals surface area contributed by atoms with E-state index < -0.39 is 0 Å². The Bertz CT molecular complexity index is 926. The summed E-state index contributed by atoms with van der Waals surface area (Å²) in [6.07, 6.45) is 0. The average Bonchev–Trinajstić information content (AvgIpc) is 2.95. The summed E-state index contributed by atoms with van der Waals surface area (Å²) >= 11 is 3.35. The van der Waals surface area contributed by atoms with E-state index in [2.05, 4.69) is 21.2 Å². The summed E-state index contributed by atoms with van der Waals surface area (Å²) in [6, 6.07) is 17.5. The monoisotopic (exact) mass is 382 g/mol. The van der Waals surface area contributed by atoms with Gasteiger partial charge in [-0.05, 0) is 35.9 Å². The van der Waals surface area contributed by atoms with Crippen molar-refractivity contribution in [1.82, 2.24) is 4.98 Å². The summed E-state index contributed by atoms with van der Waals surface area (Å²) in [7, 11) is 0. The van der Waals surface area contributed by atoms with Crippen molar-refractivity contribution in [2.75, 3.05) is 17.3 Å². The first kappa shape index (κ1) is 15.1. The molecule has 0 radical (unpaired) electrons. The maximum Gasteiger partial charge on any atom is 0.238 e. The molecule has 1 amide bonds. The molecule has 24 heavy (non-hydrogen) atoms. The topological polar surface area (TPSA) is 51.2 Å². The zero-order valence-electron chi connectivity index (χ0n) is 12.8. The largest absolute Gasteiger partial charge is 0.493 e. The van der Waals surface area contributed by atoms with Crippen molar-refractivity contribution < 1.29 is 9.53 Å². The summed E-state index contributed by atoms with van der Waals surface area (Å²) in [6.45, 7) is 0.621. The van der Waals surface area contributed by atoms with Crippen LogP contribution in [0, 0.1) is 0 Å². The molecule has 0 saturated carbocycles. The van der Waals surface area contributed by atoms with Crippen molar-refractivity contribution >= 4 is 38.4 Å². The highest BCUT2D eigenvalue weighted by atomic mass is 79.9. The minimum absolute atomic E-state index is 0.0275. The minimum atomic E-state index is -0.352. The zero-order valence-corrected chi connectivity index (χ0v) is 14.4. The third kappa shape index (κ3) is 2.65. The quantitative estimate of drug-likeness (QED) is 0.691. The van der Waals surface area contributed by atoms with Crippen molar-refractivity contribution in [2.45, 2.75) is 5.92 Å². The first-order chi connectivity index (χ1) is 11.8. The van der Waals surface area contributed by atoms with Crippen LogP contribution in [0.5, 0.6) is 5.75 Å². The van der Waals surface area contributed by atoms with Crippen LogP contribution in [0.1, 0.15) is 17.2 Å². The highest BCUT2D eigenvalue weighted by Crippen LogP contribution is 2.36. The number of halogens is 1. The molecule has 1 aromatic heterocycles. The molecule has 1 aliphatic rings. The number of rotatable bonds is 4. The van der Waals surface area contributed by atoms with Crippen LogP contribution < -0.4 is 10.1 Å². The summed E-state index contributed by atoms with van der Waals surface area (Å²) in [5.74, 6) is 0.440. The third-order valence-electron chi connectivity index (χ3n) is 4.12. The van der Waals surface area contributed by atoms with Crippen molar-refractivity contribution in [3.05, 3.63) is 65.9 Å². The second-order valence-corrected chi connectivity index (χ2v) is 6.43. The maximum absolute atomic E-state index is 12.4. The van der Waals surface area contributed by atoms with E-state index >= 15 is 0 Å². The molecule has 4 nitrogen and oxygen atoms in total. The van der Waals surface area contributed by atoms with Gasteiger partial charge in [-0.2, -0.15) is 0 Å². The SMILES string of the molecule is O=C1Nc2ccccc2C1c1ccc2cc(OCCBr)ccc2n1. The Balaban J connectivity index is 1.72. The zero-order chi connectivity index (χ0) is 16.5. The second kappa shape index (κ2) is 6.24. The molecule has 0 fully saturated rings. The lowest BCUT2D eigenvalue weighted by Crippen LogP contribution is -2.14. The predicted octanol–water partition coefficient (Wildman–Crippen LogP) is 4.09. The molecule has 0 bridgehead atoms. The standard InChI is InChI=1S/C19H15BrN2O2/c20-9-10-24-13-6-8-15-12(11-13)5-7-17(21-15)18-14-3-1-2-4-16(14)22-19(18)23/h1-8,11,18H,9-10H2,(H,22,23). The number of aromatic nitrogens is 1. The maximum atomic E-state index is 12.4. The van der Waals surface area contributed by atoms with E-state index in [9.17, 15) is 4.79 Å². The van der Waals surface area contributed by atoms with Gasteiger partial charge in [-0.25, -0.2) is 0 Å². The van der Waals surface area contributed by atoms with Gasteiger partial charge in [0.1, 0.15) is 11.7 Å². The number of nitrogens with zero attached hydrogens (tertiary/aromatic N) is 1. The number of alkyl halides is 1. The van der Waals surface area contributed by atoms with Crippen LogP contribution in [0.4, 0.5) is 5.69 Å². The fourth-order valence-corrected chi connectivity index (χ4v) is 3.19. The fraction of sp³-hybridized carbons (Fsp3) is 0.158. The highest BCUT2D eigenvalue weighted by molar-refractivity contribution is 9.09. The lowest BCUT2D eigenvalue weighted by molar-refractivity contribution is -0.116. The van der Waals surface area contributed by atoms with Crippen LogP contribution in [0.3, 0.4) is 0 Å². The number of ether oxygens (including phenoxy) is 1. The molecule has 1 atom stereocenters. The van der Waals surface area contributed by atoms with E-state index in [0.717, 1.165) is 38.9 Å². The lowest BCUT2D eigenvalue weighted by atomic mass is 9.96. The summed E-state index contributed by atoms with van der Waals surface area (Å²) in [5.41, 5.74) is 3.47. The van der Waals surface area contributed by atoms with Gasteiger partial charge >= 0.3 is 0 Å². The molecule has 120 valence electrons. The summed E-state index contributed by atoms with van der Waals surface area (Å²) in [5, 5.41) is 4.71. The third-order valence-corrected chi connectivity index (χ3v) is 4.44. The van der Waals surface area contributed by atoms with Crippen molar-refractivity contribution in [1.29, 1.82) is 0 Å². The molecule has 0 aliphatic carbocycles. The van der Waals surface area contributed by atoms with Gasteiger partial charge in [0, 0.05) is 16.4 Å². The van der Waals surface area contributed by atoms with Gasteiger partial charge < -0.3 is 10.1 Å². The summed E-state index contributed by atoms with van der Waals surface area (Å²) in [4.78, 5) is 17.1. The van der Waals surface area contributed by atoms with Crippen molar-refractivity contribution in [3.63, 3.8) is 0 Å². The number of benzene rings is 2. The van der Waals surface area contributed by atoms with Gasteiger partial charge in [0.2, 0.25) is 5.91 Å². The van der Waals surface area contributed by atoms with Gasteiger partial charge in [0.25, 0.3) is 0 Å². The first-order valence-corrected chi connectivity index (χ1v) is 8.87. The summed E-state index contributed by atoms with van der Waals surface area (Å²) < 4.78 is 5.62. The predicted molar refractivity (Wildman–Crippen MR) is 97.9 cm³/mol. The van der Waals surface area contributed by atoms with E-state index in [1.165, 1.54) is 0 Å². The van der Waals surface area contributed by atoms with Gasteiger partial charge in [0.05, 0.1) is 17.8 Å². The van der Waals surface area contributed by atoms with E-state index in [1.54, 1.807) is 0 Å². The second-order valence-electron chi connectivity index (χ2n) is 5.64. The molecular weight excluding hydrogens is 368 g/mol. The van der Waals surface area contributed by atoms with Crippen LogP contribution in [0.15, 0.2) is 54.6 Å². The smallest absolute Gasteiger partial charge is 0.238 e. The normalized spacial score (nSPS) is 16.0. The number of para-hydroxylation sites is 1. The number of carbonyl (C=O) groups excluding carboxylic acids is 1. The molecule has 1 unspecified atom stereocenters. The molecule has 0 saturated heterocycles. The van der Waals surface area contributed by atoms with Gasteiger partial charge in [-0.3, -0.25) is 9.78 Å². The van der Waals surface area contributed by atoms with Crippen molar-refractivity contribution in [2.24, 2.45) is 0 Å². The number of carbonyl (C=O) groups is 1. The Morgan fingerprint density at radius 2 is 2.00 bits per heavy atom. The van der Waals surface area contributed by atoms with Gasteiger partial charge in [0.15, 0.2) is 0 Å². The molecule has 5 heteroatoms. The average molecular weight is 383 g/mol. The van der Waals surface area contributed by atoms with Crippen LogP contribution >= 0.6 is 15.9 Å². The molecule has 2 heterocycles. The van der Waals surface area contributed by atoms with Crippen LogP contribution in [0.25, 0.3) is 10.9 Å². The lowest BCUT2D eigenvalue weighted by Gasteiger charge is -2.10. The number of amides is 1. The Morgan fingerprint density at radius 1 is 1.12 bits per heavy atom. The van der Waals surface area contributed by atoms with E-state index in [1.807, 2.05) is 54.6 Å². The number of pyridine rings is 1. The molecule has 3 aromatic rings. The molecule has 1 aliphatic heterocycles. The van der Waals surface area contributed by atoms with Crippen LogP contribution in [-0.2, 0) is 4.79 Å². The van der Waals surface area contributed by atoms with Gasteiger partial charge in [-0.1, -0.05) is 40.2 Å². The van der Waals surface area contributed by atoms with Gasteiger partial charge in [-0.15, -0.1) is 0 Å². The minimum Gasteiger partial charge on any atom is -0.493 e. The van der Waals surface area contributed by atoms with E-state index in [0.29, 0.717) is 6.61 Å². The molecule has 2 aromatic carbocycles. The van der Waals surface area contributed by atoms with Crippen molar-refractivity contribution in [3.8, 4) is 5.75 Å². The number of nitrogens with one attached hydrogen (secondary N) is 1. The molecule has 4 rings (SSSR count). The Kier molecular flexibility index (Phi) is 3.94. The molecule has 0 spiro atoms. The number of hydrogen-bond donors (Lipinski definition) is 1. The first-order valence-electron chi connectivity index (χ1n) is 7.75. The molecule has 1 N–H and O–H groups in total. The highest BCUT2D eigenvalue weighted by Gasteiger charge is 2.32. The van der Waals surface area contributed by atoms with Crippen LogP contribution in [-0.4, -0.2) is 22.8 Å². The Hall–Kier alpha value is -2.40. The number of anilines is 1. The number of fused-ring (bicyclic) bond motifs is 2. The Morgan fingerprint density at radius 3 is 2.88 bits per heavy atom. The van der Waals surface area contributed by atoms with E-state index in [4.69, 9.17) is 9.72 Å². The Labute approximate surface area is 148 Å². The number of hydrogen-bond acceptors (Lipinski definition) is 3.